The predicted octanol–water partition coefficient (Wildman–Crippen LogP) is 2.36. The van der Waals surface area contributed by atoms with Gasteiger partial charge in [-0.15, -0.1) is 0 Å². The average molecular weight is 207 g/mol. The van der Waals surface area contributed by atoms with Gasteiger partial charge < -0.3 is 9.64 Å². The van der Waals surface area contributed by atoms with E-state index in [1.165, 1.54) is 5.56 Å². The Morgan fingerprint density at radius 3 is 2.43 bits per heavy atom. The van der Waals surface area contributed by atoms with E-state index in [0.29, 0.717) is 11.2 Å². The van der Waals surface area contributed by atoms with Crippen LogP contribution >= 0.6 is 12.2 Å². The number of ether oxygens (including phenoxy) is 1. The van der Waals surface area contributed by atoms with Gasteiger partial charge in [0, 0.05) is 7.05 Å². The Balaban J connectivity index is 2.26. The van der Waals surface area contributed by atoms with Crippen LogP contribution < -0.4 is 0 Å². The SMILES string of the molecule is C[C@H]1[C@@H](c2ccccc2)OC(=S)N1C. The summed E-state index contributed by atoms with van der Waals surface area (Å²) in [6.07, 6.45) is 0.0775. The van der Waals surface area contributed by atoms with E-state index in [1.807, 2.05) is 30.1 Å². The van der Waals surface area contributed by atoms with E-state index in [0.717, 1.165) is 0 Å². The minimum Gasteiger partial charge on any atom is -0.461 e. The second-order valence-electron chi connectivity index (χ2n) is 3.57. The van der Waals surface area contributed by atoms with Crippen molar-refractivity contribution in [3.63, 3.8) is 0 Å². The molecule has 0 spiro atoms. The van der Waals surface area contributed by atoms with Crippen molar-refractivity contribution in [3.05, 3.63) is 35.9 Å². The summed E-state index contributed by atoms with van der Waals surface area (Å²) in [6.45, 7) is 2.12. The highest BCUT2D eigenvalue weighted by Gasteiger charge is 2.34. The molecule has 1 aliphatic heterocycles. The third-order valence-electron chi connectivity index (χ3n) is 2.69. The summed E-state index contributed by atoms with van der Waals surface area (Å²) in [5, 5.41) is 0.589. The Kier molecular flexibility index (Phi) is 2.42. The molecule has 1 fully saturated rings. The maximum atomic E-state index is 5.63. The molecule has 3 heteroatoms. The first-order chi connectivity index (χ1) is 6.70. The highest BCUT2D eigenvalue weighted by molar-refractivity contribution is 7.80. The highest BCUT2D eigenvalue weighted by atomic mass is 32.1. The van der Waals surface area contributed by atoms with Crippen molar-refractivity contribution in [2.24, 2.45) is 0 Å². The molecule has 1 heterocycles. The fraction of sp³-hybridized carbons (Fsp3) is 0.364. The van der Waals surface area contributed by atoms with Gasteiger partial charge >= 0.3 is 0 Å². The van der Waals surface area contributed by atoms with Crippen molar-refractivity contribution in [1.29, 1.82) is 0 Å². The lowest BCUT2D eigenvalue weighted by molar-refractivity contribution is 0.205. The van der Waals surface area contributed by atoms with Crippen LogP contribution in [-0.2, 0) is 4.74 Å². The number of rotatable bonds is 1. The maximum absolute atomic E-state index is 5.63. The Morgan fingerprint density at radius 1 is 1.29 bits per heavy atom. The van der Waals surface area contributed by atoms with Crippen molar-refractivity contribution < 1.29 is 4.74 Å². The minimum atomic E-state index is 0.0775. The molecule has 0 radical (unpaired) electrons. The maximum Gasteiger partial charge on any atom is 0.260 e. The summed E-state index contributed by atoms with van der Waals surface area (Å²) in [7, 11) is 1.97. The van der Waals surface area contributed by atoms with Crippen molar-refractivity contribution >= 4 is 17.4 Å². The molecule has 0 aromatic heterocycles. The van der Waals surface area contributed by atoms with Crippen LogP contribution in [0, 0.1) is 0 Å². The number of thiocarbonyl (C=S) groups is 1. The van der Waals surface area contributed by atoms with Gasteiger partial charge in [0.15, 0.2) is 0 Å². The summed E-state index contributed by atoms with van der Waals surface area (Å²) < 4.78 is 5.63. The van der Waals surface area contributed by atoms with Gasteiger partial charge in [0.2, 0.25) is 0 Å². The van der Waals surface area contributed by atoms with Gasteiger partial charge in [-0.2, -0.15) is 0 Å². The molecule has 14 heavy (non-hydrogen) atoms. The molecule has 1 aliphatic rings. The number of nitrogens with zero attached hydrogens (tertiary/aromatic N) is 1. The summed E-state index contributed by atoms with van der Waals surface area (Å²) in [5.41, 5.74) is 1.19. The molecule has 0 N–H and O–H groups in total. The van der Waals surface area contributed by atoms with Gasteiger partial charge in [-0.25, -0.2) is 0 Å². The molecular formula is C11H13NOS. The molecule has 0 saturated carbocycles. The first kappa shape index (κ1) is 9.46. The van der Waals surface area contributed by atoms with E-state index in [-0.39, 0.29) is 6.10 Å². The molecule has 2 nitrogen and oxygen atoms in total. The molecule has 0 bridgehead atoms. The van der Waals surface area contributed by atoms with E-state index < -0.39 is 0 Å². The van der Waals surface area contributed by atoms with Gasteiger partial charge in [0.1, 0.15) is 6.10 Å². The van der Waals surface area contributed by atoms with Crippen LogP contribution in [0.1, 0.15) is 18.6 Å². The Hall–Kier alpha value is -1.09. The fourth-order valence-electron chi connectivity index (χ4n) is 1.65. The largest absolute Gasteiger partial charge is 0.461 e. The zero-order chi connectivity index (χ0) is 10.1. The summed E-state index contributed by atoms with van der Waals surface area (Å²) in [6, 6.07) is 10.5. The molecule has 0 amide bonds. The third kappa shape index (κ3) is 1.48. The highest BCUT2D eigenvalue weighted by Crippen LogP contribution is 2.30. The van der Waals surface area contributed by atoms with Gasteiger partial charge in [-0.3, -0.25) is 0 Å². The van der Waals surface area contributed by atoms with Crippen LogP contribution in [-0.4, -0.2) is 23.2 Å². The number of benzene rings is 1. The van der Waals surface area contributed by atoms with Crippen LogP contribution in [0.2, 0.25) is 0 Å². The molecule has 1 saturated heterocycles. The monoisotopic (exact) mass is 207 g/mol. The van der Waals surface area contributed by atoms with E-state index in [9.17, 15) is 0 Å². The summed E-state index contributed by atoms with van der Waals surface area (Å²) in [4.78, 5) is 1.99. The lowest BCUT2D eigenvalue weighted by atomic mass is 10.0. The topological polar surface area (TPSA) is 12.5 Å². The average Bonchev–Trinajstić information content (AvgIpc) is 2.47. The number of likely N-dealkylation sites (N-methyl/N-ethyl adjacent to an activating group) is 1. The summed E-state index contributed by atoms with van der Waals surface area (Å²) >= 11 is 5.10. The second-order valence-corrected chi connectivity index (χ2v) is 3.92. The van der Waals surface area contributed by atoms with E-state index in [1.54, 1.807) is 0 Å². The zero-order valence-electron chi connectivity index (χ0n) is 8.31. The van der Waals surface area contributed by atoms with Crippen molar-refractivity contribution in [1.82, 2.24) is 4.90 Å². The van der Waals surface area contributed by atoms with Gasteiger partial charge in [-0.1, -0.05) is 30.3 Å². The predicted molar refractivity (Wildman–Crippen MR) is 60.1 cm³/mol. The van der Waals surface area contributed by atoms with Crippen LogP contribution in [0.4, 0.5) is 0 Å². The number of hydrogen-bond acceptors (Lipinski definition) is 2. The first-order valence-corrected chi connectivity index (χ1v) is 5.09. The molecule has 2 rings (SSSR count). The smallest absolute Gasteiger partial charge is 0.260 e. The molecule has 1 aromatic rings. The van der Waals surface area contributed by atoms with E-state index in [4.69, 9.17) is 17.0 Å². The van der Waals surface area contributed by atoms with Crippen LogP contribution in [0.15, 0.2) is 30.3 Å². The Labute approximate surface area is 89.5 Å². The second kappa shape index (κ2) is 3.58. The molecule has 0 aliphatic carbocycles. The normalized spacial score (nSPS) is 26.4. The van der Waals surface area contributed by atoms with Crippen molar-refractivity contribution in [2.75, 3.05) is 7.05 Å². The van der Waals surface area contributed by atoms with E-state index >= 15 is 0 Å². The third-order valence-corrected chi connectivity index (χ3v) is 3.08. The van der Waals surface area contributed by atoms with Crippen molar-refractivity contribution in [3.8, 4) is 0 Å². The van der Waals surface area contributed by atoms with Gasteiger partial charge in [0.05, 0.1) is 6.04 Å². The Bertz CT molecular complexity index is 338. The molecule has 2 atom stereocenters. The minimum absolute atomic E-state index is 0.0775. The lowest BCUT2D eigenvalue weighted by Gasteiger charge is -2.17. The fourth-order valence-corrected chi connectivity index (χ4v) is 1.92. The standard InChI is InChI=1S/C11H13NOS/c1-8-10(13-11(14)12(8)2)9-6-4-3-5-7-9/h3-8,10H,1-2H3/t8-,10-/m0/s1. The van der Waals surface area contributed by atoms with Crippen LogP contribution in [0.25, 0.3) is 0 Å². The van der Waals surface area contributed by atoms with Gasteiger partial charge in [-0.05, 0) is 24.7 Å². The zero-order valence-corrected chi connectivity index (χ0v) is 9.12. The quantitative estimate of drug-likeness (QED) is 0.656. The molecule has 74 valence electrons. The molecule has 0 unspecified atom stereocenters. The van der Waals surface area contributed by atoms with Crippen molar-refractivity contribution in [2.45, 2.75) is 19.1 Å². The van der Waals surface area contributed by atoms with Crippen LogP contribution in [0.3, 0.4) is 0 Å². The van der Waals surface area contributed by atoms with Gasteiger partial charge in [0.25, 0.3) is 5.17 Å². The lowest BCUT2D eigenvalue weighted by Crippen LogP contribution is -2.27. The molecule has 1 aromatic carbocycles. The number of hydrogen-bond donors (Lipinski definition) is 0. The van der Waals surface area contributed by atoms with E-state index in [2.05, 4.69) is 19.1 Å². The first-order valence-electron chi connectivity index (χ1n) is 4.68. The van der Waals surface area contributed by atoms with Crippen LogP contribution in [0.5, 0.6) is 0 Å². The summed E-state index contributed by atoms with van der Waals surface area (Å²) in [5.74, 6) is 0. The Morgan fingerprint density at radius 2 is 1.93 bits per heavy atom. The molecular weight excluding hydrogens is 194 g/mol.